The van der Waals surface area contributed by atoms with Crippen LogP contribution in [-0.4, -0.2) is 49.2 Å². The summed E-state index contributed by atoms with van der Waals surface area (Å²) in [5.74, 6) is 0.624. The molecule has 1 aromatic heterocycles. The van der Waals surface area contributed by atoms with Crippen LogP contribution >= 0.6 is 0 Å². The van der Waals surface area contributed by atoms with E-state index in [1.807, 2.05) is 7.05 Å². The van der Waals surface area contributed by atoms with Crippen LogP contribution in [0.15, 0.2) is 12.3 Å². The van der Waals surface area contributed by atoms with E-state index in [1.54, 1.807) is 6.07 Å². The van der Waals surface area contributed by atoms with Gasteiger partial charge in [-0.3, -0.25) is 4.90 Å². The van der Waals surface area contributed by atoms with Gasteiger partial charge in [-0.05, 0) is 34.0 Å². The minimum Gasteiger partial charge on any atom is -0.353 e. The summed E-state index contributed by atoms with van der Waals surface area (Å²) in [5.41, 5.74) is 1.02. The SMILES string of the molecule is CNCc1cc(F)cnc1N1CCN(C)C(C)(C)C1. The maximum absolute atomic E-state index is 13.3. The van der Waals surface area contributed by atoms with Crippen LogP contribution in [0.2, 0.25) is 0 Å². The molecule has 106 valence electrons. The van der Waals surface area contributed by atoms with Crippen molar-refractivity contribution >= 4 is 5.82 Å². The summed E-state index contributed by atoms with van der Waals surface area (Å²) in [6, 6.07) is 1.57. The van der Waals surface area contributed by atoms with Gasteiger partial charge in [-0.2, -0.15) is 0 Å². The first-order valence-electron chi connectivity index (χ1n) is 6.69. The number of anilines is 1. The van der Waals surface area contributed by atoms with Crippen LogP contribution in [-0.2, 0) is 6.54 Å². The standard InChI is InChI=1S/C14H23FN4/c1-14(2)10-19(6-5-18(14)4)13-11(8-16-3)7-12(15)9-17-13/h7,9,16H,5-6,8,10H2,1-4H3. The predicted octanol–water partition coefficient (Wildman–Crippen LogP) is 1.47. The van der Waals surface area contributed by atoms with Gasteiger partial charge in [-0.1, -0.05) is 0 Å². The minimum atomic E-state index is -0.276. The molecular weight excluding hydrogens is 243 g/mol. The number of nitrogens with zero attached hydrogens (tertiary/aromatic N) is 3. The van der Waals surface area contributed by atoms with Gasteiger partial charge in [0.25, 0.3) is 0 Å². The molecule has 1 aromatic rings. The number of halogens is 1. The number of nitrogens with one attached hydrogen (secondary N) is 1. The molecule has 0 atom stereocenters. The van der Waals surface area contributed by atoms with Crippen LogP contribution in [0.25, 0.3) is 0 Å². The molecule has 1 aliphatic rings. The highest BCUT2D eigenvalue weighted by molar-refractivity contribution is 5.48. The second-order valence-corrected chi connectivity index (χ2v) is 5.82. The van der Waals surface area contributed by atoms with Gasteiger partial charge < -0.3 is 10.2 Å². The van der Waals surface area contributed by atoms with Crippen molar-refractivity contribution in [3.8, 4) is 0 Å². The second-order valence-electron chi connectivity index (χ2n) is 5.82. The second kappa shape index (κ2) is 5.43. The van der Waals surface area contributed by atoms with Crippen LogP contribution in [0.3, 0.4) is 0 Å². The Morgan fingerprint density at radius 1 is 1.42 bits per heavy atom. The molecule has 1 aliphatic heterocycles. The largest absolute Gasteiger partial charge is 0.353 e. The normalized spacial score (nSPS) is 19.7. The molecule has 1 N–H and O–H groups in total. The summed E-state index contributed by atoms with van der Waals surface area (Å²) < 4.78 is 13.3. The Morgan fingerprint density at radius 3 is 2.79 bits per heavy atom. The summed E-state index contributed by atoms with van der Waals surface area (Å²) in [7, 11) is 4.01. The predicted molar refractivity (Wildman–Crippen MR) is 75.9 cm³/mol. The maximum Gasteiger partial charge on any atom is 0.141 e. The van der Waals surface area contributed by atoms with E-state index in [4.69, 9.17) is 0 Å². The van der Waals surface area contributed by atoms with Crippen molar-refractivity contribution in [2.75, 3.05) is 38.6 Å². The van der Waals surface area contributed by atoms with E-state index in [0.29, 0.717) is 6.54 Å². The smallest absolute Gasteiger partial charge is 0.141 e. The molecule has 1 fully saturated rings. The Hall–Kier alpha value is -1.20. The number of hydrogen-bond donors (Lipinski definition) is 1. The first-order chi connectivity index (χ1) is 8.94. The zero-order valence-corrected chi connectivity index (χ0v) is 12.2. The minimum absolute atomic E-state index is 0.102. The molecule has 5 heteroatoms. The lowest BCUT2D eigenvalue weighted by molar-refractivity contribution is 0.138. The van der Waals surface area contributed by atoms with Crippen molar-refractivity contribution in [3.63, 3.8) is 0 Å². The number of hydrogen-bond acceptors (Lipinski definition) is 4. The number of pyridine rings is 1. The third-order valence-electron chi connectivity index (χ3n) is 3.89. The monoisotopic (exact) mass is 266 g/mol. The molecule has 0 aromatic carbocycles. The lowest BCUT2D eigenvalue weighted by Gasteiger charge is -2.46. The Morgan fingerprint density at radius 2 is 2.16 bits per heavy atom. The Balaban J connectivity index is 2.26. The zero-order chi connectivity index (χ0) is 14.0. The van der Waals surface area contributed by atoms with Crippen molar-refractivity contribution in [2.45, 2.75) is 25.9 Å². The van der Waals surface area contributed by atoms with Gasteiger partial charge in [0.2, 0.25) is 0 Å². The summed E-state index contributed by atoms with van der Waals surface area (Å²) >= 11 is 0. The van der Waals surface area contributed by atoms with Crippen molar-refractivity contribution < 1.29 is 4.39 Å². The van der Waals surface area contributed by atoms with E-state index in [9.17, 15) is 4.39 Å². The molecule has 2 rings (SSSR count). The summed E-state index contributed by atoms with van der Waals surface area (Å²) in [6.07, 6.45) is 1.31. The zero-order valence-electron chi connectivity index (χ0n) is 12.2. The van der Waals surface area contributed by atoms with E-state index in [-0.39, 0.29) is 11.4 Å². The van der Waals surface area contributed by atoms with Gasteiger partial charge in [0.15, 0.2) is 0 Å². The van der Waals surface area contributed by atoms with E-state index in [1.165, 1.54) is 6.20 Å². The van der Waals surface area contributed by atoms with Crippen molar-refractivity contribution in [3.05, 3.63) is 23.6 Å². The molecule has 0 amide bonds. The van der Waals surface area contributed by atoms with Crippen LogP contribution < -0.4 is 10.2 Å². The molecule has 1 saturated heterocycles. The lowest BCUT2D eigenvalue weighted by Crippen LogP contribution is -2.58. The molecule has 0 saturated carbocycles. The third kappa shape index (κ3) is 3.04. The van der Waals surface area contributed by atoms with Gasteiger partial charge in [0.05, 0.1) is 6.20 Å². The molecule has 0 bridgehead atoms. The molecule has 0 spiro atoms. The average Bonchev–Trinajstić information content (AvgIpc) is 2.33. The molecule has 4 nitrogen and oxygen atoms in total. The van der Waals surface area contributed by atoms with Gasteiger partial charge in [-0.25, -0.2) is 9.37 Å². The summed E-state index contributed by atoms with van der Waals surface area (Å²) in [5, 5.41) is 3.08. The first-order valence-corrected chi connectivity index (χ1v) is 6.69. The summed E-state index contributed by atoms with van der Waals surface area (Å²) in [4.78, 5) is 8.91. The van der Waals surface area contributed by atoms with Crippen molar-refractivity contribution in [2.24, 2.45) is 0 Å². The fourth-order valence-electron chi connectivity index (χ4n) is 2.50. The fraction of sp³-hybridized carbons (Fsp3) is 0.643. The summed E-state index contributed by atoms with van der Waals surface area (Å²) in [6.45, 7) is 7.90. The molecular formula is C14H23FN4. The van der Waals surface area contributed by atoms with E-state index in [2.05, 4.69) is 41.0 Å². The van der Waals surface area contributed by atoms with Gasteiger partial charge in [0, 0.05) is 37.3 Å². The maximum atomic E-state index is 13.3. The van der Waals surface area contributed by atoms with Crippen molar-refractivity contribution in [1.29, 1.82) is 0 Å². The highest BCUT2D eigenvalue weighted by Crippen LogP contribution is 2.25. The third-order valence-corrected chi connectivity index (χ3v) is 3.89. The van der Waals surface area contributed by atoms with E-state index in [0.717, 1.165) is 31.0 Å². The molecule has 0 unspecified atom stereocenters. The molecule has 0 aliphatic carbocycles. The molecule has 0 radical (unpaired) electrons. The highest BCUT2D eigenvalue weighted by atomic mass is 19.1. The topological polar surface area (TPSA) is 31.4 Å². The Labute approximate surface area is 114 Å². The molecule has 2 heterocycles. The van der Waals surface area contributed by atoms with Gasteiger partial charge in [0.1, 0.15) is 11.6 Å². The van der Waals surface area contributed by atoms with E-state index < -0.39 is 0 Å². The van der Waals surface area contributed by atoms with Crippen LogP contribution in [0.4, 0.5) is 10.2 Å². The van der Waals surface area contributed by atoms with Crippen molar-refractivity contribution in [1.82, 2.24) is 15.2 Å². The Kier molecular flexibility index (Phi) is 4.06. The number of aromatic nitrogens is 1. The van der Waals surface area contributed by atoms with Crippen LogP contribution in [0.1, 0.15) is 19.4 Å². The average molecular weight is 266 g/mol. The lowest BCUT2D eigenvalue weighted by atomic mass is 9.99. The first kappa shape index (κ1) is 14.2. The number of likely N-dealkylation sites (N-methyl/N-ethyl adjacent to an activating group) is 1. The van der Waals surface area contributed by atoms with Gasteiger partial charge >= 0.3 is 0 Å². The highest BCUT2D eigenvalue weighted by Gasteiger charge is 2.32. The van der Waals surface area contributed by atoms with Gasteiger partial charge in [-0.15, -0.1) is 0 Å². The fourth-order valence-corrected chi connectivity index (χ4v) is 2.50. The number of rotatable bonds is 3. The number of piperazine rings is 1. The Bertz CT molecular complexity index is 447. The van der Waals surface area contributed by atoms with Crippen LogP contribution in [0.5, 0.6) is 0 Å². The van der Waals surface area contributed by atoms with E-state index >= 15 is 0 Å². The quantitative estimate of drug-likeness (QED) is 0.898. The van der Waals surface area contributed by atoms with Crippen LogP contribution in [0, 0.1) is 5.82 Å². The molecule has 19 heavy (non-hydrogen) atoms.